The smallest absolute Gasteiger partial charge is 0.238 e. The van der Waals surface area contributed by atoms with Gasteiger partial charge in [0.25, 0.3) is 0 Å². The Morgan fingerprint density at radius 1 is 1.23 bits per heavy atom. The van der Waals surface area contributed by atoms with E-state index in [-0.39, 0.29) is 17.6 Å². The predicted octanol–water partition coefficient (Wildman–Crippen LogP) is 3.46. The largest absolute Gasteiger partial charge is 0.489 e. The van der Waals surface area contributed by atoms with Crippen molar-refractivity contribution in [2.24, 2.45) is 5.14 Å². The zero-order chi connectivity index (χ0) is 21.7. The molecular weight excluding hydrogens is 428 g/mol. The van der Waals surface area contributed by atoms with Crippen LogP contribution in [0.4, 0.5) is 10.8 Å². The Balaban J connectivity index is 1.84. The first-order chi connectivity index (χ1) is 14.3. The van der Waals surface area contributed by atoms with Gasteiger partial charge in [0.1, 0.15) is 12.4 Å². The van der Waals surface area contributed by atoms with Crippen LogP contribution in [-0.4, -0.2) is 31.6 Å². The van der Waals surface area contributed by atoms with Crippen LogP contribution >= 0.6 is 11.3 Å². The quantitative estimate of drug-likeness (QED) is 0.375. The molecule has 0 aliphatic heterocycles. The molecule has 3 aromatic rings. The van der Waals surface area contributed by atoms with Gasteiger partial charge in [0.2, 0.25) is 10.0 Å². The second kappa shape index (κ2) is 9.49. The maximum absolute atomic E-state index is 11.7. The molecule has 1 aromatic carbocycles. The number of nitrogens with zero attached hydrogens (tertiary/aromatic N) is 2. The highest BCUT2D eigenvalue weighted by Gasteiger charge is 2.15. The number of hydrogen-bond acceptors (Lipinski definition) is 9. The van der Waals surface area contributed by atoms with Crippen LogP contribution in [0.1, 0.15) is 19.5 Å². The summed E-state index contributed by atoms with van der Waals surface area (Å²) in [4.78, 5) is 18.3. The number of nitrogens with one attached hydrogen (secondary N) is 1. The Morgan fingerprint density at radius 3 is 2.67 bits per heavy atom. The van der Waals surface area contributed by atoms with Gasteiger partial charge in [-0.25, -0.2) is 28.3 Å². The molecule has 0 atom stereocenters. The van der Waals surface area contributed by atoms with Crippen LogP contribution < -0.4 is 15.2 Å². The zero-order valence-corrected chi connectivity index (χ0v) is 18.3. The van der Waals surface area contributed by atoms with Gasteiger partial charge in [-0.2, -0.15) is 0 Å². The van der Waals surface area contributed by atoms with Gasteiger partial charge in [-0.15, -0.1) is 11.3 Å². The van der Waals surface area contributed by atoms with Crippen molar-refractivity contribution in [3.8, 4) is 17.0 Å². The van der Waals surface area contributed by atoms with Crippen molar-refractivity contribution in [2.45, 2.75) is 31.5 Å². The fourth-order valence-corrected chi connectivity index (χ4v) is 3.77. The van der Waals surface area contributed by atoms with Gasteiger partial charge < -0.3 is 10.1 Å². The molecule has 3 N–H and O–H groups in total. The lowest BCUT2D eigenvalue weighted by Gasteiger charge is -2.15. The molecule has 30 heavy (non-hydrogen) atoms. The van der Waals surface area contributed by atoms with Crippen molar-refractivity contribution < 1.29 is 22.9 Å². The molecule has 0 bridgehead atoms. The second-order valence-electron chi connectivity index (χ2n) is 6.50. The molecule has 0 radical (unpaired) electrons. The third-order valence-corrected chi connectivity index (χ3v) is 5.50. The van der Waals surface area contributed by atoms with E-state index in [1.807, 2.05) is 31.4 Å². The van der Waals surface area contributed by atoms with Gasteiger partial charge in [-0.05, 0) is 44.2 Å². The maximum Gasteiger partial charge on any atom is 0.238 e. The molecule has 0 saturated heterocycles. The molecule has 11 heteroatoms. The predicted molar refractivity (Wildman–Crippen MR) is 114 cm³/mol. The van der Waals surface area contributed by atoms with Crippen molar-refractivity contribution in [1.82, 2.24) is 9.97 Å². The van der Waals surface area contributed by atoms with E-state index in [0.29, 0.717) is 16.6 Å². The van der Waals surface area contributed by atoms with Crippen LogP contribution in [-0.2, 0) is 26.4 Å². The number of aromatic nitrogens is 2. The number of sulfonamides is 1. The molecule has 0 saturated carbocycles. The van der Waals surface area contributed by atoms with Gasteiger partial charge in [0.05, 0.1) is 35.2 Å². The molecule has 0 spiro atoms. The topological polar surface area (TPSA) is 126 Å². The Bertz CT molecular complexity index is 1100. The third-order valence-electron chi connectivity index (χ3n) is 3.83. The lowest BCUT2D eigenvalue weighted by molar-refractivity contribution is -0.282. The number of benzene rings is 1. The minimum absolute atomic E-state index is 0.0176. The highest BCUT2D eigenvalue weighted by molar-refractivity contribution is 7.89. The van der Waals surface area contributed by atoms with Crippen molar-refractivity contribution in [1.29, 1.82) is 0 Å². The number of nitrogens with two attached hydrogens (primary N) is 1. The summed E-state index contributed by atoms with van der Waals surface area (Å²) in [5.74, 6) is 0.498. The summed E-state index contributed by atoms with van der Waals surface area (Å²) in [6.45, 7) is 4.01. The number of primary sulfonamides is 1. The Kier molecular flexibility index (Phi) is 7.00. The van der Waals surface area contributed by atoms with E-state index in [1.54, 1.807) is 12.3 Å². The van der Waals surface area contributed by atoms with Crippen LogP contribution in [0.15, 0.2) is 46.8 Å². The van der Waals surface area contributed by atoms with E-state index in [2.05, 4.69) is 20.2 Å². The van der Waals surface area contributed by atoms with Crippen LogP contribution in [0.3, 0.4) is 0 Å². The van der Waals surface area contributed by atoms with Gasteiger partial charge >= 0.3 is 0 Å². The van der Waals surface area contributed by atoms with E-state index in [4.69, 9.17) is 14.8 Å². The second-order valence-corrected chi connectivity index (χ2v) is 8.92. The summed E-state index contributed by atoms with van der Waals surface area (Å²) in [6, 6.07) is 8.12. The van der Waals surface area contributed by atoms with Gasteiger partial charge in [0.15, 0.2) is 5.13 Å². The Labute approximate surface area is 178 Å². The van der Waals surface area contributed by atoms with Gasteiger partial charge in [-0.1, -0.05) is 0 Å². The highest BCUT2D eigenvalue weighted by atomic mass is 32.2. The molecule has 2 aromatic heterocycles. The number of ether oxygens (including phenoxy) is 1. The van der Waals surface area contributed by atoms with Crippen molar-refractivity contribution in [3.63, 3.8) is 0 Å². The normalized spacial score (nSPS) is 11.6. The highest BCUT2D eigenvalue weighted by Crippen LogP contribution is 2.33. The van der Waals surface area contributed by atoms with Crippen LogP contribution in [0.25, 0.3) is 11.3 Å². The lowest BCUT2D eigenvalue weighted by Crippen LogP contribution is -2.13. The van der Waals surface area contributed by atoms with Crippen LogP contribution in [0, 0.1) is 0 Å². The molecule has 3 rings (SSSR count). The average Bonchev–Trinajstić information content (AvgIpc) is 3.15. The molecular formula is C19H22N4O5S2. The average molecular weight is 451 g/mol. The summed E-state index contributed by atoms with van der Waals surface area (Å²) < 4.78 is 29.2. The minimum Gasteiger partial charge on any atom is -0.489 e. The van der Waals surface area contributed by atoms with Gasteiger partial charge in [-0.3, -0.25) is 4.98 Å². The van der Waals surface area contributed by atoms with E-state index in [9.17, 15) is 8.42 Å². The fraction of sp³-hybridized carbons (Fsp3) is 0.263. The SMILES string of the molecule is COOCc1ccc(-c2csc(Nc3cc(S(N)(=O)=O)ccc3OC(C)C)n2)cn1. The first-order valence-corrected chi connectivity index (χ1v) is 11.4. The molecule has 160 valence electrons. The fourth-order valence-electron chi connectivity index (χ4n) is 2.50. The maximum atomic E-state index is 11.7. The van der Waals surface area contributed by atoms with E-state index in [0.717, 1.165) is 17.0 Å². The summed E-state index contributed by atoms with van der Waals surface area (Å²) in [5, 5.41) is 10.8. The van der Waals surface area contributed by atoms with Crippen molar-refractivity contribution >= 4 is 32.2 Å². The summed E-state index contributed by atoms with van der Waals surface area (Å²) >= 11 is 1.37. The number of thiazole rings is 1. The molecule has 0 aliphatic rings. The summed E-state index contributed by atoms with van der Waals surface area (Å²) in [6.07, 6.45) is 1.60. The van der Waals surface area contributed by atoms with Crippen molar-refractivity contribution in [2.75, 3.05) is 12.4 Å². The Hall–Kier alpha value is -2.57. The van der Waals surface area contributed by atoms with E-state index < -0.39 is 10.0 Å². The zero-order valence-electron chi connectivity index (χ0n) is 16.7. The van der Waals surface area contributed by atoms with Crippen LogP contribution in [0.5, 0.6) is 5.75 Å². The standard InChI is InChI=1S/C19H22N4O5S2/c1-12(2)28-18-7-6-15(30(20,24)25)8-16(18)22-19-23-17(11-29-19)13-4-5-14(21-9-13)10-27-26-3/h4-9,11-12H,10H2,1-3H3,(H,22,23)(H2,20,24,25). The number of pyridine rings is 1. The van der Waals surface area contributed by atoms with E-state index >= 15 is 0 Å². The number of anilines is 2. The Morgan fingerprint density at radius 2 is 2.03 bits per heavy atom. The summed E-state index contributed by atoms with van der Waals surface area (Å²) in [7, 11) is -2.41. The van der Waals surface area contributed by atoms with E-state index in [1.165, 1.54) is 30.6 Å². The first-order valence-electron chi connectivity index (χ1n) is 8.93. The minimum atomic E-state index is -3.85. The van der Waals surface area contributed by atoms with Crippen molar-refractivity contribution in [3.05, 3.63) is 47.6 Å². The molecule has 0 unspecified atom stereocenters. The van der Waals surface area contributed by atoms with Gasteiger partial charge in [0, 0.05) is 17.1 Å². The molecule has 0 fully saturated rings. The number of hydrogen-bond donors (Lipinski definition) is 2. The molecule has 9 nitrogen and oxygen atoms in total. The molecule has 2 heterocycles. The lowest BCUT2D eigenvalue weighted by atomic mass is 10.2. The monoisotopic (exact) mass is 450 g/mol. The molecule has 0 amide bonds. The summed E-state index contributed by atoms with van der Waals surface area (Å²) in [5.41, 5.74) is 2.74. The van der Waals surface area contributed by atoms with Crippen LogP contribution in [0.2, 0.25) is 0 Å². The first kappa shape index (κ1) is 22.1. The third kappa shape index (κ3) is 5.74. The number of rotatable bonds is 9. The molecule has 0 aliphatic carbocycles.